The van der Waals surface area contributed by atoms with Crippen molar-refractivity contribution in [2.24, 2.45) is 0 Å². The van der Waals surface area contributed by atoms with Crippen LogP contribution in [0.15, 0.2) is 12.7 Å². The van der Waals surface area contributed by atoms with Crippen molar-refractivity contribution in [1.29, 1.82) is 0 Å². The van der Waals surface area contributed by atoms with Crippen LogP contribution in [-0.4, -0.2) is 31.4 Å². The Labute approximate surface area is 107 Å². The zero-order valence-electron chi connectivity index (χ0n) is 10.6. The molecule has 18 heavy (non-hydrogen) atoms. The van der Waals surface area contributed by atoms with Crippen molar-refractivity contribution in [2.75, 3.05) is 13.2 Å². The summed E-state index contributed by atoms with van der Waals surface area (Å²) in [5.41, 5.74) is 0. The lowest BCUT2D eigenvalue weighted by molar-refractivity contribution is -0.169. The molecule has 1 saturated heterocycles. The smallest absolute Gasteiger partial charge is 0.330 e. The third-order valence-electron chi connectivity index (χ3n) is 2.59. The van der Waals surface area contributed by atoms with E-state index < -0.39 is 5.97 Å². The van der Waals surface area contributed by atoms with Gasteiger partial charge in [-0.1, -0.05) is 6.58 Å². The Morgan fingerprint density at radius 3 is 2.83 bits per heavy atom. The van der Waals surface area contributed by atoms with Crippen LogP contribution in [0.1, 0.15) is 38.5 Å². The molecule has 0 radical (unpaired) electrons. The van der Waals surface area contributed by atoms with E-state index in [9.17, 15) is 9.59 Å². The quantitative estimate of drug-likeness (QED) is 0.377. The number of unbranched alkanes of at least 4 members (excludes halogenated alkanes) is 2. The second-order valence-corrected chi connectivity index (χ2v) is 4.11. The largest absolute Gasteiger partial charge is 0.463 e. The van der Waals surface area contributed by atoms with Crippen LogP contribution in [-0.2, 0) is 23.8 Å². The van der Waals surface area contributed by atoms with Crippen molar-refractivity contribution >= 4 is 11.9 Å². The maximum atomic E-state index is 11.4. The number of carbonyl (C=O) groups excluding carboxylic acids is 2. The number of esters is 2. The molecule has 1 fully saturated rings. The van der Waals surface area contributed by atoms with E-state index in [1.54, 1.807) is 0 Å². The van der Waals surface area contributed by atoms with Crippen LogP contribution in [0.2, 0.25) is 0 Å². The van der Waals surface area contributed by atoms with E-state index in [2.05, 4.69) is 6.58 Å². The monoisotopic (exact) mass is 256 g/mol. The Morgan fingerprint density at radius 2 is 2.17 bits per heavy atom. The molecule has 1 heterocycles. The molecule has 0 bridgehead atoms. The van der Waals surface area contributed by atoms with Gasteiger partial charge in [0.25, 0.3) is 0 Å². The molecule has 0 aromatic heterocycles. The predicted molar refractivity (Wildman–Crippen MR) is 64.7 cm³/mol. The molecular formula is C13H20O5. The molecule has 1 aliphatic heterocycles. The van der Waals surface area contributed by atoms with Crippen LogP contribution in [0.5, 0.6) is 0 Å². The first-order chi connectivity index (χ1) is 8.72. The van der Waals surface area contributed by atoms with Crippen LogP contribution < -0.4 is 0 Å². The molecule has 0 aromatic rings. The topological polar surface area (TPSA) is 61.8 Å². The average molecular weight is 256 g/mol. The van der Waals surface area contributed by atoms with E-state index in [1.165, 1.54) is 0 Å². The summed E-state index contributed by atoms with van der Waals surface area (Å²) in [5.74, 6) is -0.627. The molecule has 5 nitrogen and oxygen atoms in total. The first kappa shape index (κ1) is 14.7. The van der Waals surface area contributed by atoms with Crippen molar-refractivity contribution < 1.29 is 23.8 Å². The van der Waals surface area contributed by atoms with Crippen molar-refractivity contribution in [1.82, 2.24) is 0 Å². The molecule has 102 valence electrons. The zero-order valence-corrected chi connectivity index (χ0v) is 10.6. The normalized spacial score (nSPS) is 18.3. The Morgan fingerprint density at radius 1 is 1.33 bits per heavy atom. The van der Waals surface area contributed by atoms with Crippen molar-refractivity contribution in [2.45, 2.75) is 44.8 Å². The van der Waals surface area contributed by atoms with Crippen molar-refractivity contribution in [3.8, 4) is 0 Å². The second kappa shape index (κ2) is 8.69. The molecule has 1 unspecified atom stereocenters. The Kier molecular flexibility index (Phi) is 7.10. The summed E-state index contributed by atoms with van der Waals surface area (Å²) >= 11 is 0. The van der Waals surface area contributed by atoms with Gasteiger partial charge in [-0.25, -0.2) is 4.79 Å². The predicted octanol–water partition coefficient (Wildman–Crippen LogP) is 1.96. The molecule has 0 spiro atoms. The lowest BCUT2D eigenvalue weighted by atomic mass is 10.2. The van der Waals surface area contributed by atoms with Gasteiger partial charge < -0.3 is 14.2 Å². The van der Waals surface area contributed by atoms with Gasteiger partial charge in [0.1, 0.15) is 0 Å². The number of carbonyl (C=O) groups is 2. The number of ether oxygens (including phenoxy) is 3. The highest BCUT2D eigenvalue weighted by molar-refractivity contribution is 5.81. The minimum absolute atomic E-state index is 0.218. The fourth-order valence-corrected chi connectivity index (χ4v) is 1.63. The number of rotatable bonds is 8. The summed E-state index contributed by atoms with van der Waals surface area (Å²) in [6.45, 7) is 4.34. The van der Waals surface area contributed by atoms with Gasteiger partial charge in [-0.2, -0.15) is 0 Å². The van der Waals surface area contributed by atoms with E-state index in [0.717, 1.165) is 38.2 Å². The number of hydrogen-bond acceptors (Lipinski definition) is 5. The maximum absolute atomic E-state index is 11.4. The molecule has 1 rings (SSSR count). The van der Waals surface area contributed by atoms with Gasteiger partial charge in [0.2, 0.25) is 6.29 Å². The SMILES string of the molecule is C=CC(=O)OCCCCCC(=O)OC1CCCO1. The maximum Gasteiger partial charge on any atom is 0.330 e. The second-order valence-electron chi connectivity index (χ2n) is 4.11. The first-order valence-electron chi connectivity index (χ1n) is 6.32. The first-order valence-corrected chi connectivity index (χ1v) is 6.32. The van der Waals surface area contributed by atoms with Crippen LogP contribution in [0.3, 0.4) is 0 Å². The summed E-state index contributed by atoms with van der Waals surface area (Å²) in [6.07, 6.45) is 5.23. The van der Waals surface area contributed by atoms with Gasteiger partial charge in [0.15, 0.2) is 0 Å². The third-order valence-corrected chi connectivity index (χ3v) is 2.59. The van der Waals surface area contributed by atoms with Gasteiger partial charge in [-0.05, 0) is 25.7 Å². The van der Waals surface area contributed by atoms with Crippen LogP contribution in [0.25, 0.3) is 0 Å². The van der Waals surface area contributed by atoms with Crippen LogP contribution >= 0.6 is 0 Å². The molecular weight excluding hydrogens is 236 g/mol. The Hall–Kier alpha value is -1.36. The Balaban J connectivity index is 1.92. The lowest BCUT2D eigenvalue weighted by Crippen LogP contribution is -2.16. The van der Waals surface area contributed by atoms with Gasteiger partial charge in [-0.15, -0.1) is 0 Å². The summed E-state index contributed by atoms with van der Waals surface area (Å²) in [6, 6.07) is 0. The van der Waals surface area contributed by atoms with E-state index in [1.807, 2.05) is 0 Å². The average Bonchev–Trinajstić information content (AvgIpc) is 2.85. The molecule has 1 aliphatic rings. The zero-order chi connectivity index (χ0) is 13.2. The van der Waals surface area contributed by atoms with E-state index in [4.69, 9.17) is 14.2 Å². The standard InChI is InChI=1S/C13H20O5/c1-2-11(14)16-9-5-3-4-7-12(15)18-13-8-6-10-17-13/h2,13H,1,3-10H2. The number of hydrogen-bond donors (Lipinski definition) is 0. The lowest BCUT2D eigenvalue weighted by Gasteiger charge is -2.10. The minimum Gasteiger partial charge on any atom is -0.463 e. The van der Waals surface area contributed by atoms with Crippen LogP contribution in [0.4, 0.5) is 0 Å². The molecule has 0 N–H and O–H groups in total. The van der Waals surface area contributed by atoms with Gasteiger partial charge in [0.05, 0.1) is 13.2 Å². The third kappa shape index (κ3) is 6.39. The molecule has 5 heteroatoms. The Bertz CT molecular complexity index is 281. The fraction of sp³-hybridized carbons (Fsp3) is 0.692. The highest BCUT2D eigenvalue weighted by atomic mass is 16.7. The van der Waals surface area contributed by atoms with E-state index in [0.29, 0.717) is 19.6 Å². The fourth-order valence-electron chi connectivity index (χ4n) is 1.63. The molecule has 0 amide bonds. The van der Waals surface area contributed by atoms with Crippen LogP contribution in [0, 0.1) is 0 Å². The van der Waals surface area contributed by atoms with Crippen molar-refractivity contribution in [3.63, 3.8) is 0 Å². The highest BCUT2D eigenvalue weighted by Gasteiger charge is 2.19. The molecule has 0 saturated carbocycles. The summed E-state index contributed by atoms with van der Waals surface area (Å²) in [5, 5.41) is 0. The molecule has 0 aromatic carbocycles. The van der Waals surface area contributed by atoms with Gasteiger partial charge in [0, 0.05) is 18.9 Å². The van der Waals surface area contributed by atoms with Gasteiger partial charge >= 0.3 is 11.9 Å². The minimum atomic E-state index is -0.409. The highest BCUT2D eigenvalue weighted by Crippen LogP contribution is 2.14. The summed E-state index contributed by atoms with van der Waals surface area (Å²) < 4.78 is 15.1. The summed E-state index contributed by atoms with van der Waals surface area (Å²) in [4.78, 5) is 22.1. The van der Waals surface area contributed by atoms with Gasteiger partial charge in [-0.3, -0.25) is 4.79 Å². The van der Waals surface area contributed by atoms with E-state index >= 15 is 0 Å². The van der Waals surface area contributed by atoms with Crippen molar-refractivity contribution in [3.05, 3.63) is 12.7 Å². The van der Waals surface area contributed by atoms with E-state index in [-0.39, 0.29) is 12.3 Å². The molecule has 0 aliphatic carbocycles. The molecule has 1 atom stereocenters. The summed E-state index contributed by atoms with van der Waals surface area (Å²) in [7, 11) is 0.